The van der Waals surface area contributed by atoms with Crippen LogP contribution in [0, 0.1) is 5.82 Å². The van der Waals surface area contributed by atoms with Crippen molar-refractivity contribution in [2.24, 2.45) is 4.99 Å². The summed E-state index contributed by atoms with van der Waals surface area (Å²) in [6.07, 6.45) is 2.16. The van der Waals surface area contributed by atoms with Crippen molar-refractivity contribution in [2.75, 3.05) is 31.9 Å². The Bertz CT molecular complexity index is 974. The monoisotopic (exact) mass is 550 g/mol. The molecule has 0 atom stereocenters. The highest BCUT2D eigenvalue weighted by atomic mass is 127. The van der Waals surface area contributed by atoms with Gasteiger partial charge in [0.15, 0.2) is 15.8 Å². The molecule has 1 N–H and O–H groups in total. The topological polar surface area (TPSA) is 87.8 Å². The summed E-state index contributed by atoms with van der Waals surface area (Å²) in [6, 6.07) is 5.98. The normalized spacial score (nSPS) is 18.0. The van der Waals surface area contributed by atoms with E-state index in [0.29, 0.717) is 50.0 Å². The number of aliphatic imine (C=N–C) groups is 1. The van der Waals surface area contributed by atoms with Crippen LogP contribution in [0.1, 0.15) is 26.5 Å². The quantitative estimate of drug-likeness (QED) is 0.350. The molecule has 0 bridgehead atoms. The highest BCUT2D eigenvalue weighted by Gasteiger charge is 2.40. The van der Waals surface area contributed by atoms with Crippen molar-refractivity contribution in [2.45, 2.75) is 31.9 Å². The fraction of sp³-hybridized carbons (Fsp3) is 0.500. The van der Waals surface area contributed by atoms with Gasteiger partial charge in [-0.2, -0.15) is 0 Å². The highest BCUT2D eigenvalue weighted by molar-refractivity contribution is 14.0. The molecule has 1 aromatic heterocycles. The van der Waals surface area contributed by atoms with Crippen LogP contribution in [-0.4, -0.2) is 60.9 Å². The van der Waals surface area contributed by atoms with E-state index in [0.717, 1.165) is 5.69 Å². The first kappa shape index (κ1) is 24.6. The van der Waals surface area contributed by atoms with Crippen LogP contribution in [-0.2, 0) is 16.3 Å². The molecular weight excluding hydrogens is 522 g/mol. The molecular formula is C20H28FIN4O3S. The molecule has 1 saturated heterocycles. The second-order valence-corrected chi connectivity index (χ2v) is 10.4. The molecule has 1 aromatic carbocycles. The summed E-state index contributed by atoms with van der Waals surface area (Å²) in [4.78, 5) is 11.1. The molecule has 0 radical (unpaired) electrons. The van der Waals surface area contributed by atoms with E-state index >= 15 is 0 Å². The first-order valence-corrected chi connectivity index (χ1v) is 11.3. The average Bonchev–Trinajstić information content (AvgIpc) is 3.13. The minimum absolute atomic E-state index is 0. The molecule has 0 spiro atoms. The molecule has 10 heteroatoms. The SMILES string of the molecule is CCNC(=NCCc1coc(-c2ccc(F)cc2)n1)N1CCS(=O)(=O)C(C)(C)C1.I. The summed E-state index contributed by atoms with van der Waals surface area (Å²) in [6.45, 7) is 7.50. The van der Waals surface area contributed by atoms with Gasteiger partial charge < -0.3 is 14.6 Å². The van der Waals surface area contributed by atoms with Gasteiger partial charge in [-0.1, -0.05) is 0 Å². The van der Waals surface area contributed by atoms with Gasteiger partial charge in [-0.3, -0.25) is 4.99 Å². The predicted octanol–water partition coefficient (Wildman–Crippen LogP) is 3.12. The number of hydrogen-bond acceptors (Lipinski definition) is 5. The fourth-order valence-corrected chi connectivity index (χ4v) is 4.54. The lowest BCUT2D eigenvalue weighted by Crippen LogP contribution is -2.57. The number of nitrogens with zero attached hydrogens (tertiary/aromatic N) is 3. The summed E-state index contributed by atoms with van der Waals surface area (Å²) in [5.74, 6) is 0.963. The van der Waals surface area contributed by atoms with Crippen LogP contribution in [0.3, 0.4) is 0 Å². The number of guanidine groups is 1. The molecule has 1 aliphatic rings. The minimum Gasteiger partial charge on any atom is -0.444 e. The van der Waals surface area contributed by atoms with E-state index in [1.54, 1.807) is 32.2 Å². The van der Waals surface area contributed by atoms with Crippen LogP contribution in [0.5, 0.6) is 0 Å². The zero-order valence-corrected chi connectivity index (χ0v) is 20.5. The molecule has 7 nitrogen and oxygen atoms in total. The first-order chi connectivity index (χ1) is 13.7. The van der Waals surface area contributed by atoms with Crippen molar-refractivity contribution in [3.63, 3.8) is 0 Å². The Morgan fingerprint density at radius 1 is 1.33 bits per heavy atom. The molecule has 2 aromatic rings. The van der Waals surface area contributed by atoms with Crippen molar-refractivity contribution >= 4 is 39.8 Å². The highest BCUT2D eigenvalue weighted by Crippen LogP contribution is 2.24. The van der Waals surface area contributed by atoms with Gasteiger partial charge >= 0.3 is 0 Å². The van der Waals surface area contributed by atoms with Crippen molar-refractivity contribution in [1.29, 1.82) is 0 Å². The lowest BCUT2D eigenvalue weighted by Gasteiger charge is -2.39. The van der Waals surface area contributed by atoms with E-state index in [1.807, 2.05) is 11.8 Å². The number of sulfone groups is 1. The molecule has 0 amide bonds. The number of benzene rings is 1. The van der Waals surface area contributed by atoms with Gasteiger partial charge in [0, 0.05) is 38.2 Å². The van der Waals surface area contributed by atoms with Crippen molar-refractivity contribution < 1.29 is 17.2 Å². The van der Waals surface area contributed by atoms with Crippen molar-refractivity contribution in [3.05, 3.63) is 42.0 Å². The van der Waals surface area contributed by atoms with Gasteiger partial charge in [0.1, 0.15) is 12.1 Å². The molecule has 3 rings (SSSR count). The Morgan fingerprint density at radius 2 is 2.03 bits per heavy atom. The third kappa shape index (κ3) is 5.71. The summed E-state index contributed by atoms with van der Waals surface area (Å²) in [7, 11) is -3.10. The molecule has 1 fully saturated rings. The van der Waals surface area contributed by atoms with Gasteiger partial charge in [0.05, 0.1) is 16.2 Å². The average molecular weight is 550 g/mol. The Morgan fingerprint density at radius 3 is 2.67 bits per heavy atom. The largest absolute Gasteiger partial charge is 0.444 e. The predicted molar refractivity (Wildman–Crippen MR) is 126 cm³/mol. The zero-order chi connectivity index (χ0) is 21.1. The molecule has 30 heavy (non-hydrogen) atoms. The van der Waals surface area contributed by atoms with E-state index < -0.39 is 14.6 Å². The summed E-state index contributed by atoms with van der Waals surface area (Å²) in [5.41, 5.74) is 1.47. The van der Waals surface area contributed by atoms with Crippen LogP contribution in [0.4, 0.5) is 4.39 Å². The van der Waals surface area contributed by atoms with Gasteiger partial charge in [-0.25, -0.2) is 17.8 Å². The molecule has 166 valence electrons. The number of halogens is 2. The van der Waals surface area contributed by atoms with E-state index in [2.05, 4.69) is 15.3 Å². The van der Waals surface area contributed by atoms with Crippen molar-refractivity contribution in [1.82, 2.24) is 15.2 Å². The zero-order valence-electron chi connectivity index (χ0n) is 17.4. The maximum Gasteiger partial charge on any atom is 0.226 e. The van der Waals surface area contributed by atoms with E-state index in [1.165, 1.54) is 12.1 Å². The number of nitrogens with one attached hydrogen (secondary N) is 1. The number of oxazole rings is 1. The fourth-order valence-electron chi connectivity index (χ4n) is 3.17. The van der Waals surface area contributed by atoms with Gasteiger partial charge in [-0.05, 0) is 45.0 Å². The minimum atomic E-state index is -3.10. The molecule has 1 aliphatic heterocycles. The van der Waals surface area contributed by atoms with Crippen LogP contribution < -0.4 is 5.32 Å². The first-order valence-electron chi connectivity index (χ1n) is 9.68. The standard InChI is InChI=1S/C20H27FN4O3S.HI/c1-4-22-19(25-11-12-29(26,27)20(2,3)14-25)23-10-9-17-13-28-18(24-17)15-5-7-16(21)8-6-15;/h5-8,13H,4,9-12,14H2,1-3H3,(H,22,23);1H. The number of hydrogen-bond donors (Lipinski definition) is 1. The maximum absolute atomic E-state index is 13.0. The third-order valence-electron chi connectivity index (χ3n) is 4.95. The van der Waals surface area contributed by atoms with Crippen LogP contribution in [0.2, 0.25) is 0 Å². The van der Waals surface area contributed by atoms with Gasteiger partial charge in [0.25, 0.3) is 0 Å². The second kappa shape index (κ2) is 10.1. The Labute approximate surface area is 194 Å². The van der Waals surface area contributed by atoms with E-state index in [4.69, 9.17) is 4.42 Å². The van der Waals surface area contributed by atoms with Crippen LogP contribution in [0.15, 0.2) is 39.9 Å². The molecule has 0 unspecified atom stereocenters. The molecule has 0 saturated carbocycles. The summed E-state index contributed by atoms with van der Waals surface area (Å²) >= 11 is 0. The second-order valence-electron chi connectivity index (χ2n) is 7.64. The van der Waals surface area contributed by atoms with E-state index in [9.17, 15) is 12.8 Å². The Balaban J connectivity index is 0.00000320. The molecule has 2 heterocycles. The Hall–Kier alpha value is -1.69. The lowest BCUT2D eigenvalue weighted by molar-refractivity contribution is 0.353. The van der Waals surface area contributed by atoms with E-state index in [-0.39, 0.29) is 35.5 Å². The van der Waals surface area contributed by atoms with Crippen LogP contribution >= 0.6 is 24.0 Å². The number of aromatic nitrogens is 1. The third-order valence-corrected chi connectivity index (χ3v) is 7.48. The molecule has 0 aliphatic carbocycles. The van der Waals surface area contributed by atoms with Gasteiger partial charge in [0.2, 0.25) is 5.89 Å². The number of rotatable bonds is 5. The van der Waals surface area contributed by atoms with Crippen molar-refractivity contribution in [3.8, 4) is 11.5 Å². The van der Waals surface area contributed by atoms with Crippen LogP contribution in [0.25, 0.3) is 11.5 Å². The Kier molecular flexibility index (Phi) is 8.26. The van der Waals surface area contributed by atoms with Gasteiger partial charge in [-0.15, -0.1) is 24.0 Å². The smallest absolute Gasteiger partial charge is 0.226 e. The summed E-state index contributed by atoms with van der Waals surface area (Å²) in [5, 5.41) is 3.24. The maximum atomic E-state index is 13.0. The summed E-state index contributed by atoms with van der Waals surface area (Å²) < 4.78 is 42.2. The lowest BCUT2D eigenvalue weighted by atomic mass is 10.2.